The number of ether oxygens (including phenoxy) is 1. The van der Waals surface area contributed by atoms with Gasteiger partial charge in [0.25, 0.3) is 5.91 Å². The number of nitrogens with zero attached hydrogens (tertiary/aromatic N) is 1. The number of urea groups is 1. The molecule has 0 bridgehead atoms. The summed E-state index contributed by atoms with van der Waals surface area (Å²) in [5.74, 6) is 0.0651. The van der Waals surface area contributed by atoms with Crippen molar-refractivity contribution < 1.29 is 19.1 Å². The number of carbonyl (C=O) groups is 3. The van der Waals surface area contributed by atoms with Crippen molar-refractivity contribution >= 4 is 17.8 Å². The van der Waals surface area contributed by atoms with Gasteiger partial charge in [-0.25, -0.2) is 4.79 Å². The van der Waals surface area contributed by atoms with Crippen LogP contribution in [0.5, 0.6) is 5.75 Å². The molecule has 7 nitrogen and oxygen atoms in total. The van der Waals surface area contributed by atoms with Gasteiger partial charge in [-0.2, -0.15) is 0 Å². The molecule has 0 aromatic heterocycles. The number of amides is 4. The van der Waals surface area contributed by atoms with Gasteiger partial charge in [-0.05, 0) is 43.0 Å². The lowest BCUT2D eigenvalue weighted by Crippen LogP contribution is -2.39. The zero-order chi connectivity index (χ0) is 21.5. The zero-order valence-corrected chi connectivity index (χ0v) is 17.3. The van der Waals surface area contributed by atoms with Crippen molar-refractivity contribution in [3.63, 3.8) is 0 Å². The van der Waals surface area contributed by atoms with Gasteiger partial charge in [0.2, 0.25) is 5.91 Å². The van der Waals surface area contributed by atoms with E-state index in [1.54, 1.807) is 31.4 Å². The Balaban J connectivity index is 1.48. The Morgan fingerprint density at radius 1 is 1.10 bits per heavy atom. The maximum Gasteiger partial charge on any atom is 0.325 e. The van der Waals surface area contributed by atoms with Crippen LogP contribution < -0.4 is 15.4 Å². The highest BCUT2D eigenvalue weighted by atomic mass is 16.5. The van der Waals surface area contributed by atoms with Crippen LogP contribution in [0.15, 0.2) is 54.6 Å². The summed E-state index contributed by atoms with van der Waals surface area (Å²) >= 11 is 0. The molecule has 2 aromatic rings. The first kappa shape index (κ1) is 21.4. The van der Waals surface area contributed by atoms with E-state index in [0.717, 1.165) is 23.3 Å². The summed E-state index contributed by atoms with van der Waals surface area (Å²) in [6.45, 7) is 2.09. The zero-order valence-electron chi connectivity index (χ0n) is 17.3. The molecular weight excluding hydrogens is 382 g/mol. The number of hydrogen-bond acceptors (Lipinski definition) is 4. The molecule has 1 aliphatic rings. The Kier molecular flexibility index (Phi) is 7.06. The topological polar surface area (TPSA) is 87.7 Å². The highest BCUT2D eigenvalue weighted by molar-refractivity contribution is 6.05. The van der Waals surface area contributed by atoms with Crippen molar-refractivity contribution in [2.75, 3.05) is 7.11 Å². The van der Waals surface area contributed by atoms with E-state index in [1.807, 2.05) is 25.1 Å². The first-order chi connectivity index (χ1) is 14.5. The minimum absolute atomic E-state index is 0.0275. The Morgan fingerprint density at radius 3 is 2.47 bits per heavy atom. The maximum absolute atomic E-state index is 12.6. The van der Waals surface area contributed by atoms with E-state index in [9.17, 15) is 14.4 Å². The molecule has 1 saturated heterocycles. The van der Waals surface area contributed by atoms with Crippen molar-refractivity contribution in [3.8, 4) is 5.75 Å². The van der Waals surface area contributed by atoms with Gasteiger partial charge in [-0.15, -0.1) is 0 Å². The summed E-state index contributed by atoms with van der Waals surface area (Å²) in [6, 6.07) is 15.9. The average molecular weight is 409 g/mol. The fraction of sp³-hybridized carbons (Fsp3) is 0.348. The summed E-state index contributed by atoms with van der Waals surface area (Å²) in [4.78, 5) is 38.3. The quantitative estimate of drug-likeness (QED) is 0.624. The van der Waals surface area contributed by atoms with Gasteiger partial charge in [0.05, 0.1) is 20.1 Å². The third-order valence-corrected chi connectivity index (χ3v) is 5.11. The highest BCUT2D eigenvalue weighted by Crippen LogP contribution is 2.17. The van der Waals surface area contributed by atoms with Crippen LogP contribution in [-0.4, -0.2) is 41.9 Å². The highest BCUT2D eigenvalue weighted by Gasteiger charge is 2.39. The summed E-state index contributed by atoms with van der Waals surface area (Å²) in [5.41, 5.74) is 2.02. The summed E-state index contributed by atoms with van der Waals surface area (Å²) < 4.78 is 5.11. The minimum Gasteiger partial charge on any atom is -0.497 e. The number of aryl methyl sites for hydroxylation is 1. The van der Waals surface area contributed by atoms with Crippen LogP contribution in [0.4, 0.5) is 4.79 Å². The Bertz CT molecular complexity index is 883. The molecule has 0 saturated carbocycles. The van der Waals surface area contributed by atoms with Crippen molar-refractivity contribution in [2.45, 2.75) is 44.8 Å². The Labute approximate surface area is 176 Å². The van der Waals surface area contributed by atoms with Gasteiger partial charge in [-0.3, -0.25) is 14.5 Å². The molecular formula is C23H27N3O4. The molecule has 1 aliphatic heterocycles. The number of hydrogen-bond donors (Lipinski definition) is 2. The predicted octanol–water partition coefficient (Wildman–Crippen LogP) is 2.64. The fourth-order valence-corrected chi connectivity index (χ4v) is 3.40. The lowest BCUT2D eigenvalue weighted by atomic mass is 10.1. The molecule has 4 amide bonds. The second-order valence-corrected chi connectivity index (χ2v) is 7.47. The van der Waals surface area contributed by atoms with E-state index in [0.29, 0.717) is 5.75 Å². The maximum atomic E-state index is 12.6. The molecule has 0 aliphatic carbocycles. The molecule has 2 N–H and O–H groups in total. The largest absolute Gasteiger partial charge is 0.497 e. The summed E-state index contributed by atoms with van der Waals surface area (Å²) in [5, 5.41) is 5.53. The van der Waals surface area contributed by atoms with Gasteiger partial charge in [0, 0.05) is 6.04 Å². The van der Waals surface area contributed by atoms with E-state index in [2.05, 4.69) is 22.8 Å². The van der Waals surface area contributed by atoms with Crippen LogP contribution in [0.25, 0.3) is 0 Å². The average Bonchev–Trinajstić information content (AvgIpc) is 3.00. The number of rotatable bonds is 9. The number of imide groups is 1. The van der Waals surface area contributed by atoms with Crippen LogP contribution in [-0.2, 0) is 22.6 Å². The molecule has 7 heteroatoms. The third kappa shape index (κ3) is 5.59. The fourth-order valence-electron chi connectivity index (χ4n) is 3.40. The second-order valence-electron chi connectivity index (χ2n) is 7.47. The van der Waals surface area contributed by atoms with Gasteiger partial charge in [0.15, 0.2) is 0 Å². The molecule has 1 fully saturated rings. The van der Waals surface area contributed by atoms with Gasteiger partial charge >= 0.3 is 6.03 Å². The van der Waals surface area contributed by atoms with Crippen LogP contribution in [0.1, 0.15) is 30.9 Å². The van der Waals surface area contributed by atoms with Crippen LogP contribution in [0, 0.1) is 0 Å². The molecule has 30 heavy (non-hydrogen) atoms. The molecule has 0 spiro atoms. The van der Waals surface area contributed by atoms with Crippen molar-refractivity contribution in [1.29, 1.82) is 0 Å². The monoisotopic (exact) mass is 409 g/mol. The number of carbonyl (C=O) groups excluding carboxylic acids is 3. The number of benzene rings is 2. The summed E-state index contributed by atoms with van der Waals surface area (Å²) in [7, 11) is 1.57. The first-order valence-electron chi connectivity index (χ1n) is 10.0. The van der Waals surface area contributed by atoms with Gasteiger partial charge < -0.3 is 15.4 Å². The molecule has 2 atom stereocenters. The standard InChI is InChI=1S/C23H27N3O4/c1-16(8-9-17-6-4-3-5-7-17)24-21(27)14-20-22(28)26(23(29)25-20)15-18-10-12-19(30-2)13-11-18/h3-7,10-13,16,20H,8-9,14-15H2,1-2H3,(H,24,27)(H,25,29)/t16-,20+/m0/s1. The number of nitrogens with one attached hydrogen (secondary N) is 2. The van der Waals surface area contributed by atoms with E-state index in [1.165, 1.54) is 5.56 Å². The van der Waals surface area contributed by atoms with Crippen molar-refractivity contribution in [3.05, 3.63) is 65.7 Å². The second kappa shape index (κ2) is 9.91. The lowest BCUT2D eigenvalue weighted by molar-refractivity contribution is -0.131. The third-order valence-electron chi connectivity index (χ3n) is 5.11. The summed E-state index contributed by atoms with van der Waals surface area (Å²) in [6.07, 6.45) is 1.58. The smallest absolute Gasteiger partial charge is 0.325 e. The Hall–Kier alpha value is -3.35. The molecule has 158 valence electrons. The predicted molar refractivity (Wildman–Crippen MR) is 113 cm³/mol. The minimum atomic E-state index is -0.836. The first-order valence-corrected chi connectivity index (χ1v) is 10.0. The molecule has 3 rings (SSSR count). The molecule has 0 unspecified atom stereocenters. The van der Waals surface area contributed by atoms with Crippen LogP contribution in [0.2, 0.25) is 0 Å². The van der Waals surface area contributed by atoms with Crippen LogP contribution in [0.3, 0.4) is 0 Å². The van der Waals surface area contributed by atoms with Gasteiger partial charge in [0.1, 0.15) is 11.8 Å². The normalized spacial score (nSPS) is 16.9. The molecule has 1 heterocycles. The lowest BCUT2D eigenvalue weighted by Gasteiger charge is -2.16. The van der Waals surface area contributed by atoms with E-state index >= 15 is 0 Å². The van der Waals surface area contributed by atoms with E-state index in [-0.39, 0.29) is 30.8 Å². The van der Waals surface area contributed by atoms with Crippen LogP contribution >= 0.6 is 0 Å². The van der Waals surface area contributed by atoms with Crippen molar-refractivity contribution in [1.82, 2.24) is 15.5 Å². The molecule has 2 aromatic carbocycles. The molecule has 0 radical (unpaired) electrons. The number of methoxy groups -OCH3 is 1. The SMILES string of the molecule is COc1ccc(CN2C(=O)N[C@H](CC(=O)N[C@@H](C)CCc3ccccc3)C2=O)cc1. The van der Waals surface area contributed by atoms with E-state index < -0.39 is 12.1 Å². The van der Waals surface area contributed by atoms with E-state index in [4.69, 9.17) is 4.74 Å². The van der Waals surface area contributed by atoms with Gasteiger partial charge in [-0.1, -0.05) is 42.5 Å². The van der Waals surface area contributed by atoms with Crippen molar-refractivity contribution in [2.24, 2.45) is 0 Å². The Morgan fingerprint density at radius 2 is 1.80 bits per heavy atom.